The maximum Gasteiger partial charge on any atom is 0.0791 e. The van der Waals surface area contributed by atoms with Gasteiger partial charge in [-0.05, 0) is 33.4 Å². The van der Waals surface area contributed by atoms with Gasteiger partial charge in [-0.25, -0.2) is 0 Å². The first kappa shape index (κ1) is 13.5. The Morgan fingerprint density at radius 3 is 3.11 bits per heavy atom. The Morgan fingerprint density at radius 2 is 2.39 bits per heavy atom. The second-order valence-electron chi connectivity index (χ2n) is 5.44. The Kier molecular flexibility index (Phi) is 4.37. The van der Waals surface area contributed by atoms with Crippen LogP contribution in [0, 0.1) is 0 Å². The van der Waals surface area contributed by atoms with E-state index in [1.54, 1.807) is 0 Å². The van der Waals surface area contributed by atoms with E-state index in [2.05, 4.69) is 10.4 Å². The van der Waals surface area contributed by atoms with Gasteiger partial charge in [0.25, 0.3) is 0 Å². The largest absolute Gasteiger partial charge is 0.390 e. The van der Waals surface area contributed by atoms with Gasteiger partial charge in [0.05, 0.1) is 12.3 Å². The van der Waals surface area contributed by atoms with Gasteiger partial charge >= 0.3 is 0 Å². The van der Waals surface area contributed by atoms with Crippen LogP contribution in [0.5, 0.6) is 0 Å². The van der Waals surface area contributed by atoms with Gasteiger partial charge in [0.15, 0.2) is 0 Å². The van der Waals surface area contributed by atoms with Gasteiger partial charge in [-0.2, -0.15) is 5.10 Å². The Labute approximate surface area is 109 Å². The van der Waals surface area contributed by atoms with E-state index >= 15 is 0 Å². The molecule has 0 amide bonds. The third-order valence-electron chi connectivity index (χ3n) is 3.55. The normalized spacial score (nSPS) is 21.1. The summed E-state index contributed by atoms with van der Waals surface area (Å²) < 4.78 is 1.97. The molecule has 5 heteroatoms. The highest BCUT2D eigenvalue weighted by Gasteiger charge is 2.23. The molecule has 1 aliphatic carbocycles. The molecular weight excluding hydrogens is 228 g/mol. The number of nitrogens with one attached hydrogen (secondary N) is 1. The summed E-state index contributed by atoms with van der Waals surface area (Å²) in [6.45, 7) is 1.33. The molecule has 2 rings (SSSR count). The topological polar surface area (TPSA) is 53.3 Å². The lowest BCUT2D eigenvalue weighted by molar-refractivity contribution is 0.130. The highest BCUT2D eigenvalue weighted by Crippen LogP contribution is 2.28. The van der Waals surface area contributed by atoms with Crippen molar-refractivity contribution in [3.8, 4) is 0 Å². The van der Waals surface area contributed by atoms with Crippen LogP contribution >= 0.6 is 0 Å². The van der Waals surface area contributed by atoms with E-state index in [-0.39, 0.29) is 6.10 Å². The molecular formula is C13H24N4O. The smallest absolute Gasteiger partial charge is 0.0791 e. The lowest BCUT2D eigenvalue weighted by Crippen LogP contribution is -2.37. The van der Waals surface area contributed by atoms with Crippen LogP contribution in [0.3, 0.4) is 0 Å². The van der Waals surface area contributed by atoms with Crippen LogP contribution in [0.2, 0.25) is 0 Å². The van der Waals surface area contributed by atoms with Crippen molar-refractivity contribution in [2.45, 2.75) is 31.4 Å². The van der Waals surface area contributed by atoms with Crippen LogP contribution < -0.4 is 5.32 Å². The van der Waals surface area contributed by atoms with Gasteiger partial charge in [0.1, 0.15) is 0 Å². The molecule has 5 nitrogen and oxygen atoms in total. The van der Waals surface area contributed by atoms with Crippen LogP contribution in [-0.2, 0) is 13.5 Å². The number of aromatic nitrogens is 2. The lowest BCUT2D eigenvalue weighted by Gasteiger charge is -2.25. The fourth-order valence-electron chi connectivity index (χ4n) is 2.68. The third-order valence-corrected chi connectivity index (χ3v) is 3.55. The van der Waals surface area contributed by atoms with Crippen LogP contribution in [0.4, 0.5) is 0 Å². The zero-order chi connectivity index (χ0) is 13.1. The van der Waals surface area contributed by atoms with Crippen LogP contribution in [0.25, 0.3) is 0 Å². The molecule has 102 valence electrons. The van der Waals surface area contributed by atoms with Crippen molar-refractivity contribution < 1.29 is 5.11 Å². The standard InChI is InChI=1S/C13H24N4O/c1-16(2)9-10(18)7-14-12-5-4-6-13-11(12)8-15-17(13)3/h8,10,12,14,18H,4-7,9H2,1-3H3. The fraction of sp³-hybridized carbons (Fsp3) is 0.769. The number of likely N-dealkylation sites (N-methyl/N-ethyl adjacent to an activating group) is 1. The molecule has 0 bridgehead atoms. The number of nitrogens with zero attached hydrogens (tertiary/aromatic N) is 3. The fourth-order valence-corrected chi connectivity index (χ4v) is 2.68. The molecule has 1 aromatic rings. The Balaban J connectivity index is 1.91. The highest BCUT2D eigenvalue weighted by atomic mass is 16.3. The molecule has 0 aromatic carbocycles. The summed E-state index contributed by atoms with van der Waals surface area (Å²) in [5.41, 5.74) is 2.64. The van der Waals surface area contributed by atoms with Crippen LogP contribution in [0.1, 0.15) is 30.1 Å². The minimum atomic E-state index is -0.318. The van der Waals surface area contributed by atoms with Crippen molar-refractivity contribution in [2.24, 2.45) is 7.05 Å². The van der Waals surface area contributed by atoms with Gasteiger partial charge in [0, 0.05) is 37.4 Å². The molecule has 0 aliphatic heterocycles. The molecule has 1 aliphatic rings. The quantitative estimate of drug-likeness (QED) is 0.792. The molecule has 0 spiro atoms. The Hall–Kier alpha value is -0.910. The molecule has 0 saturated carbocycles. The summed E-state index contributed by atoms with van der Waals surface area (Å²) in [5.74, 6) is 0. The van der Waals surface area contributed by atoms with E-state index in [4.69, 9.17) is 0 Å². The van der Waals surface area contributed by atoms with Crippen molar-refractivity contribution in [3.63, 3.8) is 0 Å². The molecule has 0 radical (unpaired) electrons. The SMILES string of the molecule is CN(C)CC(O)CNC1CCCc2c1cnn2C. The van der Waals surface area contributed by atoms with Gasteiger partial charge in [-0.1, -0.05) is 0 Å². The molecule has 2 unspecified atom stereocenters. The van der Waals surface area contributed by atoms with E-state index in [1.807, 2.05) is 36.9 Å². The van der Waals surface area contributed by atoms with Gasteiger partial charge < -0.3 is 15.3 Å². The summed E-state index contributed by atoms with van der Waals surface area (Å²) >= 11 is 0. The van der Waals surface area contributed by atoms with E-state index in [0.29, 0.717) is 19.1 Å². The number of aryl methyl sites for hydroxylation is 1. The summed E-state index contributed by atoms with van der Waals surface area (Å²) in [6.07, 6.45) is 5.08. The van der Waals surface area contributed by atoms with Crippen molar-refractivity contribution in [1.82, 2.24) is 20.0 Å². The second kappa shape index (κ2) is 5.82. The second-order valence-corrected chi connectivity index (χ2v) is 5.44. The summed E-state index contributed by atoms with van der Waals surface area (Å²) in [5, 5.41) is 17.7. The summed E-state index contributed by atoms with van der Waals surface area (Å²) in [6, 6.07) is 0.347. The number of rotatable bonds is 5. The monoisotopic (exact) mass is 252 g/mol. The zero-order valence-electron chi connectivity index (χ0n) is 11.6. The molecule has 18 heavy (non-hydrogen) atoms. The van der Waals surface area contributed by atoms with Gasteiger partial charge in [-0.15, -0.1) is 0 Å². The van der Waals surface area contributed by atoms with E-state index in [1.165, 1.54) is 17.7 Å². The van der Waals surface area contributed by atoms with E-state index in [0.717, 1.165) is 12.8 Å². The number of aliphatic hydroxyl groups excluding tert-OH is 1. The Morgan fingerprint density at radius 1 is 1.61 bits per heavy atom. The summed E-state index contributed by atoms with van der Waals surface area (Å²) in [7, 11) is 5.95. The third kappa shape index (κ3) is 3.10. The van der Waals surface area contributed by atoms with Gasteiger partial charge in [-0.3, -0.25) is 4.68 Å². The minimum absolute atomic E-state index is 0.318. The number of hydrogen-bond acceptors (Lipinski definition) is 4. The number of aliphatic hydroxyl groups is 1. The van der Waals surface area contributed by atoms with Crippen molar-refractivity contribution in [2.75, 3.05) is 27.2 Å². The predicted octanol–water partition coefficient (Wildman–Crippen LogP) is 0.310. The molecule has 1 heterocycles. The van der Waals surface area contributed by atoms with Crippen molar-refractivity contribution in [1.29, 1.82) is 0 Å². The first-order chi connectivity index (χ1) is 8.58. The minimum Gasteiger partial charge on any atom is -0.390 e. The highest BCUT2D eigenvalue weighted by molar-refractivity contribution is 5.24. The first-order valence-electron chi connectivity index (χ1n) is 6.65. The Bertz CT molecular complexity index is 388. The van der Waals surface area contributed by atoms with E-state index in [9.17, 15) is 5.11 Å². The number of hydrogen-bond donors (Lipinski definition) is 2. The summed E-state index contributed by atoms with van der Waals surface area (Å²) in [4.78, 5) is 2.00. The van der Waals surface area contributed by atoms with E-state index < -0.39 is 0 Å². The maximum atomic E-state index is 9.88. The molecule has 0 fully saturated rings. The average Bonchev–Trinajstić information content (AvgIpc) is 2.68. The molecule has 0 saturated heterocycles. The number of fused-ring (bicyclic) bond motifs is 1. The van der Waals surface area contributed by atoms with Crippen LogP contribution in [-0.4, -0.2) is 53.1 Å². The van der Waals surface area contributed by atoms with Crippen molar-refractivity contribution >= 4 is 0 Å². The van der Waals surface area contributed by atoms with Crippen LogP contribution in [0.15, 0.2) is 6.20 Å². The van der Waals surface area contributed by atoms with Crippen molar-refractivity contribution in [3.05, 3.63) is 17.5 Å². The first-order valence-corrected chi connectivity index (χ1v) is 6.65. The zero-order valence-corrected chi connectivity index (χ0v) is 11.6. The molecule has 2 atom stereocenters. The average molecular weight is 252 g/mol. The lowest BCUT2D eigenvalue weighted by atomic mass is 9.93. The maximum absolute atomic E-state index is 9.88. The molecule has 2 N–H and O–H groups in total. The predicted molar refractivity (Wildman–Crippen MR) is 71.5 cm³/mol. The van der Waals surface area contributed by atoms with Gasteiger partial charge in [0.2, 0.25) is 0 Å². The molecule has 1 aromatic heterocycles.